The van der Waals surface area contributed by atoms with Gasteiger partial charge in [0.15, 0.2) is 0 Å². The van der Waals surface area contributed by atoms with Gasteiger partial charge in [-0.1, -0.05) is 18.2 Å². The Hall–Kier alpha value is -1.43. The van der Waals surface area contributed by atoms with Crippen LogP contribution in [0, 0.1) is 0 Å². The number of hydrogen-bond acceptors (Lipinski definition) is 4. The second-order valence-corrected chi connectivity index (χ2v) is 5.66. The number of para-hydroxylation sites is 1. The largest absolute Gasteiger partial charge is 0.491 e. The molecule has 1 aromatic carbocycles. The van der Waals surface area contributed by atoms with Gasteiger partial charge >= 0.3 is 0 Å². The average molecular weight is 336 g/mol. The molecule has 0 saturated heterocycles. The molecule has 3 N–H and O–H groups in total. The van der Waals surface area contributed by atoms with Gasteiger partial charge in [0.25, 0.3) is 0 Å². The van der Waals surface area contributed by atoms with Crippen LogP contribution in [0.25, 0.3) is 0 Å². The van der Waals surface area contributed by atoms with Crippen LogP contribution in [0.1, 0.15) is 31.0 Å². The standard InChI is InChI=1S/C15H18BrN3O/c1-10(2)20-14-6-4-3-5-13(14)15(19-17)11-7-12(16)9-18-8-11/h3-10,15,19H,17H2,1-2H3. The molecule has 5 heteroatoms. The van der Waals surface area contributed by atoms with Crippen LogP contribution in [-0.2, 0) is 0 Å². The molecule has 0 aliphatic rings. The molecule has 2 rings (SSSR count). The molecule has 4 nitrogen and oxygen atoms in total. The molecule has 0 amide bonds. The van der Waals surface area contributed by atoms with Crippen LogP contribution in [0.3, 0.4) is 0 Å². The van der Waals surface area contributed by atoms with Gasteiger partial charge in [0.2, 0.25) is 0 Å². The minimum absolute atomic E-state index is 0.107. The summed E-state index contributed by atoms with van der Waals surface area (Å²) >= 11 is 3.43. The molecule has 0 radical (unpaired) electrons. The number of nitrogens with one attached hydrogen (secondary N) is 1. The Morgan fingerprint density at radius 1 is 1.25 bits per heavy atom. The number of ether oxygens (including phenoxy) is 1. The van der Waals surface area contributed by atoms with Gasteiger partial charge in [-0.2, -0.15) is 0 Å². The first kappa shape index (κ1) is 15.0. The second kappa shape index (κ2) is 6.83. The highest BCUT2D eigenvalue weighted by Crippen LogP contribution is 2.30. The van der Waals surface area contributed by atoms with Crippen LogP contribution in [-0.4, -0.2) is 11.1 Å². The quantitative estimate of drug-likeness (QED) is 0.650. The maximum absolute atomic E-state index is 5.85. The predicted molar refractivity (Wildman–Crippen MR) is 83.3 cm³/mol. The van der Waals surface area contributed by atoms with Gasteiger partial charge in [0, 0.05) is 22.4 Å². The van der Waals surface area contributed by atoms with Crippen molar-refractivity contribution in [2.45, 2.75) is 26.0 Å². The van der Waals surface area contributed by atoms with Crippen LogP contribution in [0.15, 0.2) is 47.2 Å². The number of nitrogens with two attached hydrogens (primary N) is 1. The van der Waals surface area contributed by atoms with E-state index in [-0.39, 0.29) is 12.1 Å². The Bertz CT molecular complexity index is 575. The molecule has 1 atom stereocenters. The van der Waals surface area contributed by atoms with Crippen LogP contribution < -0.4 is 16.0 Å². The normalized spacial score (nSPS) is 12.4. The number of aromatic nitrogens is 1. The second-order valence-electron chi connectivity index (χ2n) is 4.74. The van der Waals surface area contributed by atoms with Crippen LogP contribution in [0.5, 0.6) is 5.75 Å². The van der Waals surface area contributed by atoms with Crippen LogP contribution in [0.4, 0.5) is 0 Å². The zero-order valence-corrected chi connectivity index (χ0v) is 13.1. The fourth-order valence-corrected chi connectivity index (χ4v) is 2.41. The van der Waals surface area contributed by atoms with Gasteiger partial charge in [-0.15, -0.1) is 0 Å². The SMILES string of the molecule is CC(C)Oc1ccccc1C(NN)c1cncc(Br)c1. The molecule has 20 heavy (non-hydrogen) atoms. The van der Waals surface area contributed by atoms with Crippen LogP contribution in [0.2, 0.25) is 0 Å². The van der Waals surface area contributed by atoms with E-state index >= 15 is 0 Å². The first-order valence-corrected chi connectivity index (χ1v) is 7.23. The third kappa shape index (κ3) is 3.56. The fraction of sp³-hybridized carbons (Fsp3) is 0.267. The van der Waals surface area contributed by atoms with E-state index < -0.39 is 0 Å². The summed E-state index contributed by atoms with van der Waals surface area (Å²) in [6.45, 7) is 4.00. The lowest BCUT2D eigenvalue weighted by molar-refractivity contribution is 0.238. The number of rotatable bonds is 5. The minimum atomic E-state index is -0.171. The number of hydrogen-bond donors (Lipinski definition) is 2. The summed E-state index contributed by atoms with van der Waals surface area (Å²) < 4.78 is 6.77. The fourth-order valence-electron chi connectivity index (χ4n) is 2.03. The molecule has 0 aliphatic carbocycles. The van der Waals surface area contributed by atoms with E-state index in [9.17, 15) is 0 Å². The van der Waals surface area contributed by atoms with Gasteiger partial charge in [-0.25, -0.2) is 5.43 Å². The van der Waals surface area contributed by atoms with Crippen molar-refractivity contribution in [1.29, 1.82) is 0 Å². The predicted octanol–water partition coefficient (Wildman–Crippen LogP) is 3.18. The van der Waals surface area contributed by atoms with Crippen molar-refractivity contribution in [3.05, 3.63) is 58.3 Å². The van der Waals surface area contributed by atoms with Crippen molar-refractivity contribution >= 4 is 15.9 Å². The van der Waals surface area contributed by atoms with Crippen molar-refractivity contribution < 1.29 is 4.74 Å². The lowest BCUT2D eigenvalue weighted by atomic mass is 10.00. The van der Waals surface area contributed by atoms with E-state index in [4.69, 9.17) is 10.6 Å². The summed E-state index contributed by atoms with van der Waals surface area (Å²) in [5.74, 6) is 6.56. The van der Waals surface area contributed by atoms with Crippen molar-refractivity contribution in [3.8, 4) is 5.75 Å². The highest BCUT2D eigenvalue weighted by Gasteiger charge is 2.18. The third-order valence-electron chi connectivity index (χ3n) is 2.82. The van der Waals surface area contributed by atoms with E-state index in [2.05, 4.69) is 26.3 Å². The highest BCUT2D eigenvalue weighted by molar-refractivity contribution is 9.10. The van der Waals surface area contributed by atoms with E-state index in [1.165, 1.54) is 0 Å². The summed E-state index contributed by atoms with van der Waals surface area (Å²) in [6.07, 6.45) is 3.64. The van der Waals surface area contributed by atoms with E-state index in [1.807, 2.05) is 44.2 Å². The molecular weight excluding hydrogens is 318 g/mol. The topological polar surface area (TPSA) is 60.2 Å². The minimum Gasteiger partial charge on any atom is -0.491 e. The number of benzene rings is 1. The Morgan fingerprint density at radius 3 is 2.65 bits per heavy atom. The average Bonchev–Trinajstić information content (AvgIpc) is 2.41. The van der Waals surface area contributed by atoms with Gasteiger partial charge < -0.3 is 4.74 Å². The summed E-state index contributed by atoms with van der Waals surface area (Å²) in [5, 5.41) is 0. The van der Waals surface area contributed by atoms with E-state index in [0.29, 0.717) is 0 Å². The first-order chi connectivity index (χ1) is 9.61. The summed E-state index contributed by atoms with van der Waals surface area (Å²) in [7, 11) is 0. The Morgan fingerprint density at radius 2 is 2.00 bits per heavy atom. The molecule has 0 aliphatic heterocycles. The number of nitrogens with zero attached hydrogens (tertiary/aromatic N) is 1. The summed E-state index contributed by atoms with van der Waals surface area (Å²) in [4.78, 5) is 4.19. The summed E-state index contributed by atoms with van der Waals surface area (Å²) in [5.41, 5.74) is 4.80. The Balaban J connectivity index is 2.41. The van der Waals surface area contributed by atoms with Crippen molar-refractivity contribution in [2.75, 3.05) is 0 Å². The Labute approximate surface area is 127 Å². The first-order valence-electron chi connectivity index (χ1n) is 6.44. The summed E-state index contributed by atoms with van der Waals surface area (Å²) in [6, 6.07) is 9.69. The van der Waals surface area contributed by atoms with E-state index in [0.717, 1.165) is 21.3 Å². The molecule has 0 saturated carbocycles. The van der Waals surface area contributed by atoms with Crippen molar-refractivity contribution in [3.63, 3.8) is 0 Å². The monoisotopic (exact) mass is 335 g/mol. The van der Waals surface area contributed by atoms with Crippen molar-refractivity contribution in [1.82, 2.24) is 10.4 Å². The van der Waals surface area contributed by atoms with Gasteiger partial charge in [0.1, 0.15) is 5.75 Å². The highest BCUT2D eigenvalue weighted by atomic mass is 79.9. The molecular formula is C15H18BrN3O. The number of halogens is 1. The maximum atomic E-state index is 5.85. The molecule has 106 valence electrons. The van der Waals surface area contributed by atoms with Gasteiger partial charge in [-0.3, -0.25) is 10.8 Å². The molecule has 1 unspecified atom stereocenters. The molecule has 1 aromatic heterocycles. The molecule has 0 fully saturated rings. The molecule has 2 aromatic rings. The lowest BCUT2D eigenvalue weighted by Gasteiger charge is -2.21. The van der Waals surface area contributed by atoms with Crippen molar-refractivity contribution in [2.24, 2.45) is 5.84 Å². The lowest BCUT2D eigenvalue weighted by Crippen LogP contribution is -2.29. The zero-order chi connectivity index (χ0) is 14.5. The number of pyridine rings is 1. The molecule has 1 heterocycles. The zero-order valence-electron chi connectivity index (χ0n) is 11.5. The molecule has 0 bridgehead atoms. The van der Waals surface area contributed by atoms with Crippen LogP contribution >= 0.6 is 15.9 Å². The van der Waals surface area contributed by atoms with E-state index in [1.54, 1.807) is 12.4 Å². The Kier molecular flexibility index (Phi) is 5.11. The van der Waals surface area contributed by atoms with Gasteiger partial charge in [-0.05, 0) is 47.5 Å². The maximum Gasteiger partial charge on any atom is 0.124 e. The molecule has 0 spiro atoms. The van der Waals surface area contributed by atoms with Gasteiger partial charge in [0.05, 0.1) is 12.1 Å². The smallest absolute Gasteiger partial charge is 0.124 e. The third-order valence-corrected chi connectivity index (χ3v) is 3.25. The number of hydrazine groups is 1.